The van der Waals surface area contributed by atoms with Crippen LogP contribution in [-0.2, 0) is 11.2 Å². The third-order valence-corrected chi connectivity index (χ3v) is 5.62. The van der Waals surface area contributed by atoms with E-state index in [4.69, 9.17) is 9.72 Å². The van der Waals surface area contributed by atoms with E-state index in [2.05, 4.69) is 21.7 Å². The summed E-state index contributed by atoms with van der Waals surface area (Å²) >= 11 is 0. The van der Waals surface area contributed by atoms with E-state index in [1.54, 1.807) is 0 Å². The number of morpholine rings is 1. The smallest absolute Gasteiger partial charge is 0.253 e. The molecule has 2 saturated heterocycles. The van der Waals surface area contributed by atoms with Gasteiger partial charge in [-0.15, -0.1) is 0 Å². The molecule has 0 aliphatic carbocycles. The monoisotopic (exact) mass is 395 g/mol. The van der Waals surface area contributed by atoms with E-state index in [1.165, 1.54) is 5.56 Å². The zero-order valence-corrected chi connectivity index (χ0v) is 17.3. The van der Waals surface area contributed by atoms with Crippen molar-refractivity contribution in [3.63, 3.8) is 0 Å². The number of aromatic nitrogens is 2. The molecule has 154 valence electrons. The number of piperazine rings is 1. The van der Waals surface area contributed by atoms with Crippen LogP contribution in [0.1, 0.15) is 28.5 Å². The van der Waals surface area contributed by atoms with Crippen molar-refractivity contribution in [3.8, 4) is 0 Å². The largest absolute Gasteiger partial charge is 0.378 e. The molecule has 2 aromatic rings. The molecule has 2 fully saturated rings. The van der Waals surface area contributed by atoms with Crippen LogP contribution >= 0.6 is 0 Å². The van der Waals surface area contributed by atoms with E-state index >= 15 is 0 Å². The lowest BCUT2D eigenvalue weighted by atomic mass is 10.1. The lowest BCUT2D eigenvalue weighted by molar-refractivity contribution is 0.0746. The van der Waals surface area contributed by atoms with Crippen molar-refractivity contribution < 1.29 is 9.53 Å². The molecular weight excluding hydrogens is 366 g/mol. The van der Waals surface area contributed by atoms with Gasteiger partial charge in [-0.05, 0) is 31.0 Å². The fourth-order valence-corrected chi connectivity index (χ4v) is 3.81. The minimum atomic E-state index is 0.111. The summed E-state index contributed by atoms with van der Waals surface area (Å²) in [5.41, 5.74) is 2.98. The normalized spacial score (nSPS) is 17.5. The standard InChI is InChI=1S/C22H29N5O2/c1-3-18-4-6-19(7-5-18)21(28)26-10-8-25(9-11-26)20-16-17(2)23-22(24-20)27-12-14-29-15-13-27/h4-7,16H,3,8-15H2,1-2H3. The van der Waals surface area contributed by atoms with Crippen molar-refractivity contribution in [2.75, 3.05) is 62.3 Å². The lowest BCUT2D eigenvalue weighted by Crippen LogP contribution is -2.49. The molecule has 7 heteroatoms. The van der Waals surface area contributed by atoms with Gasteiger partial charge in [-0.1, -0.05) is 19.1 Å². The van der Waals surface area contributed by atoms with Crippen molar-refractivity contribution in [2.24, 2.45) is 0 Å². The van der Waals surface area contributed by atoms with Gasteiger partial charge in [0.25, 0.3) is 5.91 Å². The Labute approximate surface area is 172 Å². The highest BCUT2D eigenvalue weighted by Crippen LogP contribution is 2.20. The van der Waals surface area contributed by atoms with E-state index in [1.807, 2.05) is 42.2 Å². The van der Waals surface area contributed by atoms with E-state index in [0.29, 0.717) is 26.3 Å². The number of anilines is 2. The summed E-state index contributed by atoms with van der Waals surface area (Å²) < 4.78 is 5.44. The number of rotatable bonds is 4. The molecule has 4 rings (SSSR count). The van der Waals surface area contributed by atoms with Gasteiger partial charge >= 0.3 is 0 Å². The Hall–Kier alpha value is -2.67. The number of benzene rings is 1. The molecule has 1 aromatic carbocycles. The predicted molar refractivity (Wildman–Crippen MR) is 114 cm³/mol. The minimum absolute atomic E-state index is 0.111. The highest BCUT2D eigenvalue weighted by atomic mass is 16.5. The van der Waals surface area contributed by atoms with Gasteiger partial charge in [-0.25, -0.2) is 4.98 Å². The summed E-state index contributed by atoms with van der Waals surface area (Å²) in [5, 5.41) is 0. The summed E-state index contributed by atoms with van der Waals surface area (Å²) in [6.07, 6.45) is 0.984. The third-order valence-electron chi connectivity index (χ3n) is 5.62. The second-order valence-electron chi connectivity index (χ2n) is 7.60. The van der Waals surface area contributed by atoms with Crippen LogP contribution in [0.2, 0.25) is 0 Å². The van der Waals surface area contributed by atoms with Crippen molar-refractivity contribution in [3.05, 3.63) is 47.2 Å². The van der Waals surface area contributed by atoms with Gasteiger partial charge in [0, 0.05) is 56.6 Å². The first-order valence-electron chi connectivity index (χ1n) is 10.5. The quantitative estimate of drug-likeness (QED) is 0.791. The van der Waals surface area contributed by atoms with E-state index in [9.17, 15) is 4.79 Å². The average Bonchev–Trinajstić information content (AvgIpc) is 2.79. The molecule has 2 aliphatic heterocycles. The number of aryl methyl sites for hydroxylation is 2. The fourth-order valence-electron chi connectivity index (χ4n) is 3.81. The Bertz CT molecular complexity index is 841. The van der Waals surface area contributed by atoms with E-state index < -0.39 is 0 Å². The first-order chi connectivity index (χ1) is 14.1. The van der Waals surface area contributed by atoms with Crippen LogP contribution in [0.5, 0.6) is 0 Å². The molecule has 0 radical (unpaired) electrons. The molecule has 1 amide bonds. The maximum atomic E-state index is 12.8. The molecule has 0 unspecified atom stereocenters. The SMILES string of the molecule is CCc1ccc(C(=O)N2CCN(c3cc(C)nc(N4CCOCC4)n3)CC2)cc1. The molecule has 1 aromatic heterocycles. The Morgan fingerprint density at radius 2 is 1.66 bits per heavy atom. The number of ether oxygens (including phenoxy) is 1. The second kappa shape index (κ2) is 8.78. The van der Waals surface area contributed by atoms with Gasteiger partial charge < -0.3 is 19.4 Å². The van der Waals surface area contributed by atoms with Crippen LogP contribution in [0.15, 0.2) is 30.3 Å². The van der Waals surface area contributed by atoms with Crippen LogP contribution in [-0.4, -0.2) is 73.3 Å². The number of amides is 1. The number of carbonyl (C=O) groups excluding carboxylic acids is 1. The highest BCUT2D eigenvalue weighted by molar-refractivity contribution is 5.94. The molecule has 0 atom stereocenters. The number of hydrogen-bond donors (Lipinski definition) is 0. The van der Waals surface area contributed by atoms with Crippen LogP contribution in [0, 0.1) is 6.92 Å². The summed E-state index contributed by atoms with van der Waals surface area (Å²) in [6.45, 7) is 10.2. The van der Waals surface area contributed by atoms with Crippen molar-refractivity contribution in [2.45, 2.75) is 20.3 Å². The van der Waals surface area contributed by atoms with Gasteiger partial charge in [0.05, 0.1) is 13.2 Å². The third kappa shape index (κ3) is 4.50. The topological polar surface area (TPSA) is 61.8 Å². The Kier molecular flexibility index (Phi) is 5.94. The fraction of sp³-hybridized carbons (Fsp3) is 0.500. The molecule has 0 bridgehead atoms. The number of hydrogen-bond acceptors (Lipinski definition) is 6. The molecular formula is C22H29N5O2. The molecule has 7 nitrogen and oxygen atoms in total. The van der Waals surface area contributed by atoms with Gasteiger partial charge in [-0.3, -0.25) is 4.79 Å². The van der Waals surface area contributed by atoms with Gasteiger partial charge in [-0.2, -0.15) is 4.98 Å². The lowest BCUT2D eigenvalue weighted by Gasteiger charge is -2.36. The highest BCUT2D eigenvalue weighted by Gasteiger charge is 2.24. The zero-order valence-electron chi connectivity index (χ0n) is 17.3. The van der Waals surface area contributed by atoms with Crippen molar-refractivity contribution in [1.29, 1.82) is 0 Å². The summed E-state index contributed by atoms with van der Waals surface area (Å²) in [5.74, 6) is 1.83. The minimum Gasteiger partial charge on any atom is -0.378 e. The van der Waals surface area contributed by atoms with Crippen LogP contribution in [0.3, 0.4) is 0 Å². The molecule has 0 spiro atoms. The molecule has 0 saturated carbocycles. The second-order valence-corrected chi connectivity index (χ2v) is 7.60. The molecule has 3 heterocycles. The summed E-state index contributed by atoms with van der Waals surface area (Å²) in [6, 6.07) is 10.00. The van der Waals surface area contributed by atoms with Crippen molar-refractivity contribution >= 4 is 17.7 Å². The first kappa shape index (κ1) is 19.6. The van der Waals surface area contributed by atoms with Crippen LogP contribution in [0.4, 0.5) is 11.8 Å². The Morgan fingerprint density at radius 1 is 0.966 bits per heavy atom. The number of nitrogens with zero attached hydrogens (tertiary/aromatic N) is 5. The summed E-state index contributed by atoms with van der Waals surface area (Å²) in [7, 11) is 0. The van der Waals surface area contributed by atoms with E-state index in [0.717, 1.165) is 55.6 Å². The van der Waals surface area contributed by atoms with Gasteiger partial charge in [0.2, 0.25) is 5.95 Å². The van der Waals surface area contributed by atoms with Crippen LogP contribution < -0.4 is 9.80 Å². The number of carbonyl (C=O) groups is 1. The molecule has 29 heavy (non-hydrogen) atoms. The van der Waals surface area contributed by atoms with Gasteiger partial charge in [0.15, 0.2) is 0 Å². The van der Waals surface area contributed by atoms with Crippen molar-refractivity contribution in [1.82, 2.24) is 14.9 Å². The first-order valence-corrected chi connectivity index (χ1v) is 10.5. The Balaban J connectivity index is 1.41. The molecule has 2 aliphatic rings. The average molecular weight is 396 g/mol. The maximum Gasteiger partial charge on any atom is 0.253 e. The molecule has 0 N–H and O–H groups in total. The Morgan fingerprint density at radius 3 is 2.31 bits per heavy atom. The van der Waals surface area contributed by atoms with Gasteiger partial charge in [0.1, 0.15) is 5.82 Å². The zero-order chi connectivity index (χ0) is 20.2. The maximum absolute atomic E-state index is 12.8. The van der Waals surface area contributed by atoms with Crippen LogP contribution in [0.25, 0.3) is 0 Å². The summed E-state index contributed by atoms with van der Waals surface area (Å²) in [4.78, 5) is 28.6. The van der Waals surface area contributed by atoms with E-state index in [-0.39, 0.29) is 5.91 Å². The predicted octanol–water partition coefficient (Wildman–Crippen LogP) is 2.15.